The second-order valence-corrected chi connectivity index (χ2v) is 3.07. The number of likely N-dealkylation sites (tertiary alicyclic amines) is 1. The van der Waals surface area contributed by atoms with E-state index in [0.29, 0.717) is 6.42 Å². The number of aromatic nitrogens is 2. The van der Waals surface area contributed by atoms with Crippen LogP contribution in [0.4, 0.5) is 0 Å². The second kappa shape index (κ2) is 9.39. The van der Waals surface area contributed by atoms with Crippen molar-refractivity contribution in [2.45, 2.75) is 26.7 Å². The smallest absolute Gasteiger partial charge is 0.226 e. The molecule has 1 aromatic heterocycles. The van der Waals surface area contributed by atoms with Crippen LogP contribution in [0.2, 0.25) is 0 Å². The first-order valence-electron chi connectivity index (χ1n) is 5.80. The molecule has 0 N–H and O–H groups in total. The summed E-state index contributed by atoms with van der Waals surface area (Å²) in [6.45, 7) is 11.9. The fraction of sp³-hybridized carbons (Fsp3) is 0.385. The van der Waals surface area contributed by atoms with Crippen LogP contribution in [0.3, 0.4) is 0 Å². The Morgan fingerprint density at radius 3 is 2.29 bits per heavy atom. The fourth-order valence-electron chi connectivity index (χ4n) is 1.24. The molecular formula is C13H21N3O. The van der Waals surface area contributed by atoms with E-state index >= 15 is 0 Å². The number of hydrogen-bond acceptors (Lipinski definition) is 2. The number of carbonyl (C=O) groups excluding carboxylic acids is 1. The minimum atomic E-state index is 0.208. The van der Waals surface area contributed by atoms with Crippen molar-refractivity contribution in [3.05, 3.63) is 38.1 Å². The summed E-state index contributed by atoms with van der Waals surface area (Å²) in [4.78, 5) is 16.1. The van der Waals surface area contributed by atoms with Gasteiger partial charge in [-0.1, -0.05) is 27.0 Å². The van der Waals surface area contributed by atoms with Crippen LogP contribution < -0.4 is 0 Å². The van der Waals surface area contributed by atoms with Crippen LogP contribution in [0.15, 0.2) is 38.1 Å². The van der Waals surface area contributed by atoms with E-state index in [2.05, 4.69) is 18.1 Å². The molecule has 1 aromatic rings. The molecule has 0 bridgehead atoms. The van der Waals surface area contributed by atoms with E-state index in [1.165, 1.54) is 0 Å². The summed E-state index contributed by atoms with van der Waals surface area (Å²) in [5.41, 5.74) is 0. The maximum atomic E-state index is 10.7. The molecule has 1 saturated heterocycles. The predicted molar refractivity (Wildman–Crippen MR) is 71.1 cm³/mol. The van der Waals surface area contributed by atoms with Crippen LogP contribution in [0.5, 0.6) is 0 Å². The maximum Gasteiger partial charge on any atom is 0.226 e. The van der Waals surface area contributed by atoms with Crippen molar-refractivity contribution in [3.63, 3.8) is 0 Å². The fourth-order valence-corrected chi connectivity index (χ4v) is 1.24. The lowest BCUT2D eigenvalue weighted by Crippen LogP contribution is -2.16. The first kappa shape index (κ1) is 15.2. The molecule has 0 unspecified atom stereocenters. The second-order valence-electron chi connectivity index (χ2n) is 3.07. The summed E-state index contributed by atoms with van der Waals surface area (Å²) in [7, 11) is 0. The van der Waals surface area contributed by atoms with E-state index in [0.717, 1.165) is 13.0 Å². The normalized spacial score (nSPS) is 13.1. The van der Waals surface area contributed by atoms with E-state index in [-0.39, 0.29) is 5.91 Å². The number of hydrogen-bond donors (Lipinski definition) is 0. The number of carbonyl (C=O) groups is 1. The predicted octanol–water partition coefficient (Wildman–Crippen LogP) is 2.76. The minimum Gasteiger partial charge on any atom is -0.320 e. The molecule has 0 aromatic carbocycles. The summed E-state index contributed by atoms with van der Waals surface area (Å²) in [6.07, 6.45) is 10.2. The number of imidazole rings is 1. The minimum absolute atomic E-state index is 0.208. The average molecular weight is 235 g/mol. The van der Waals surface area contributed by atoms with Crippen molar-refractivity contribution in [1.29, 1.82) is 0 Å². The van der Waals surface area contributed by atoms with E-state index < -0.39 is 0 Å². The number of nitrogens with zero attached hydrogens (tertiary/aromatic N) is 3. The van der Waals surface area contributed by atoms with Gasteiger partial charge in [-0.25, -0.2) is 4.98 Å². The Balaban J connectivity index is 0.000000265. The Morgan fingerprint density at radius 2 is 2.06 bits per heavy atom. The van der Waals surface area contributed by atoms with Crippen LogP contribution in [-0.2, 0) is 4.79 Å². The Bertz CT molecular complexity index is 330. The van der Waals surface area contributed by atoms with Gasteiger partial charge in [-0.05, 0) is 12.6 Å². The van der Waals surface area contributed by atoms with Crippen LogP contribution in [0, 0.1) is 0 Å². The first-order valence-corrected chi connectivity index (χ1v) is 5.80. The van der Waals surface area contributed by atoms with Crippen molar-refractivity contribution < 1.29 is 4.79 Å². The van der Waals surface area contributed by atoms with Gasteiger partial charge in [-0.15, -0.1) is 0 Å². The molecule has 2 heterocycles. The summed E-state index contributed by atoms with van der Waals surface area (Å²) >= 11 is 0. The van der Waals surface area contributed by atoms with Crippen molar-refractivity contribution >= 4 is 12.1 Å². The Labute approximate surface area is 103 Å². The zero-order valence-electron chi connectivity index (χ0n) is 10.7. The Morgan fingerprint density at radius 1 is 1.35 bits per heavy atom. The van der Waals surface area contributed by atoms with Gasteiger partial charge in [0, 0.05) is 31.6 Å². The third-order valence-electron chi connectivity index (χ3n) is 2.07. The molecule has 1 aliphatic heterocycles. The Kier molecular flexibility index (Phi) is 8.37. The van der Waals surface area contributed by atoms with E-state index in [4.69, 9.17) is 0 Å². The highest BCUT2D eigenvalue weighted by Crippen LogP contribution is 2.08. The van der Waals surface area contributed by atoms with Crippen molar-refractivity contribution in [3.8, 4) is 0 Å². The molecule has 1 aliphatic rings. The third-order valence-corrected chi connectivity index (χ3v) is 2.07. The van der Waals surface area contributed by atoms with Gasteiger partial charge in [0.15, 0.2) is 0 Å². The van der Waals surface area contributed by atoms with Crippen molar-refractivity contribution in [2.24, 2.45) is 0 Å². The highest BCUT2D eigenvalue weighted by atomic mass is 16.2. The van der Waals surface area contributed by atoms with Crippen molar-refractivity contribution in [2.75, 3.05) is 6.54 Å². The molecule has 17 heavy (non-hydrogen) atoms. The standard InChI is InChI=1S/C6H9NO.C5H6N2.C2H6/c1-2-7-5-3-4-6(7)8;1-2-7-4-3-6-5-7;1-2/h2H,1,3-5H2;2-5H,1H2;1-2H3. The largest absolute Gasteiger partial charge is 0.320 e. The van der Waals surface area contributed by atoms with Gasteiger partial charge in [0.25, 0.3) is 0 Å². The molecule has 4 heteroatoms. The van der Waals surface area contributed by atoms with E-state index in [1.54, 1.807) is 34.4 Å². The van der Waals surface area contributed by atoms with E-state index in [9.17, 15) is 4.79 Å². The first-order chi connectivity index (χ1) is 8.27. The zero-order chi connectivity index (χ0) is 13.1. The summed E-state index contributed by atoms with van der Waals surface area (Å²) < 4.78 is 1.78. The lowest BCUT2D eigenvalue weighted by Gasteiger charge is -2.05. The van der Waals surface area contributed by atoms with Crippen LogP contribution in [-0.4, -0.2) is 26.9 Å². The molecular weight excluding hydrogens is 214 g/mol. The van der Waals surface area contributed by atoms with Gasteiger partial charge in [-0.3, -0.25) is 4.79 Å². The Hall–Kier alpha value is -1.84. The number of amides is 1. The van der Waals surface area contributed by atoms with Crippen LogP contribution in [0.25, 0.3) is 6.20 Å². The maximum absolute atomic E-state index is 10.7. The zero-order valence-corrected chi connectivity index (χ0v) is 10.7. The topological polar surface area (TPSA) is 38.1 Å². The van der Waals surface area contributed by atoms with Gasteiger partial charge < -0.3 is 9.47 Å². The van der Waals surface area contributed by atoms with E-state index in [1.807, 2.05) is 20.0 Å². The summed E-state index contributed by atoms with van der Waals surface area (Å²) in [6, 6.07) is 0. The number of rotatable bonds is 2. The van der Waals surface area contributed by atoms with Gasteiger partial charge in [0.2, 0.25) is 5.91 Å². The van der Waals surface area contributed by atoms with Crippen LogP contribution in [0.1, 0.15) is 26.7 Å². The van der Waals surface area contributed by atoms with Gasteiger partial charge in [0.1, 0.15) is 0 Å². The molecule has 0 aliphatic carbocycles. The highest BCUT2D eigenvalue weighted by Gasteiger charge is 2.15. The van der Waals surface area contributed by atoms with Gasteiger partial charge >= 0.3 is 0 Å². The summed E-state index contributed by atoms with van der Waals surface area (Å²) in [5.74, 6) is 0.208. The van der Waals surface area contributed by atoms with Crippen LogP contribution >= 0.6 is 0 Å². The highest BCUT2D eigenvalue weighted by molar-refractivity contribution is 5.78. The quantitative estimate of drug-likeness (QED) is 0.790. The third kappa shape index (κ3) is 5.70. The summed E-state index contributed by atoms with van der Waals surface area (Å²) in [5, 5.41) is 0. The lowest BCUT2D eigenvalue weighted by atomic mass is 10.4. The molecule has 0 saturated carbocycles. The average Bonchev–Trinajstić information content (AvgIpc) is 3.03. The molecule has 94 valence electrons. The molecule has 0 radical (unpaired) electrons. The molecule has 0 atom stereocenters. The molecule has 0 spiro atoms. The lowest BCUT2D eigenvalue weighted by molar-refractivity contribution is -0.125. The van der Waals surface area contributed by atoms with Gasteiger partial charge in [-0.2, -0.15) is 0 Å². The molecule has 2 rings (SSSR count). The SMILES string of the molecule is C=CN1CCCC1=O.C=Cn1ccnc1.CC. The molecule has 4 nitrogen and oxygen atoms in total. The van der Waals surface area contributed by atoms with Gasteiger partial charge in [0.05, 0.1) is 6.33 Å². The molecule has 1 amide bonds. The monoisotopic (exact) mass is 235 g/mol. The molecule has 1 fully saturated rings. The van der Waals surface area contributed by atoms with Crippen molar-refractivity contribution in [1.82, 2.24) is 14.5 Å².